The van der Waals surface area contributed by atoms with Crippen molar-refractivity contribution >= 4 is 28.2 Å². The number of fused-ring (bicyclic) bond motifs is 2. The molecule has 0 aromatic heterocycles. The highest BCUT2D eigenvalue weighted by Crippen LogP contribution is 2.44. The van der Waals surface area contributed by atoms with E-state index in [2.05, 4.69) is 10.1 Å². The summed E-state index contributed by atoms with van der Waals surface area (Å²) >= 11 is 0. The molecule has 3 aromatic carbocycles. The molecule has 4 rings (SSSR count). The van der Waals surface area contributed by atoms with E-state index in [4.69, 9.17) is 0 Å². The van der Waals surface area contributed by atoms with Gasteiger partial charge in [-0.05, 0) is 36.4 Å². The molecule has 1 N–H and O–H groups in total. The molecule has 3 aromatic rings. The van der Waals surface area contributed by atoms with Gasteiger partial charge >= 0.3 is 18.3 Å². The van der Waals surface area contributed by atoms with Crippen LogP contribution in [-0.2, 0) is 15.6 Å². The van der Waals surface area contributed by atoms with Crippen LogP contribution in [0.1, 0.15) is 10.4 Å². The number of hydrogen-bond donors (Lipinski definition) is 1. The van der Waals surface area contributed by atoms with Crippen molar-refractivity contribution in [3.05, 3.63) is 78.4 Å². The van der Waals surface area contributed by atoms with Gasteiger partial charge in [0.25, 0.3) is 6.10 Å². The number of hydrogen-bond acceptors (Lipinski definition) is 3. The van der Waals surface area contributed by atoms with Crippen LogP contribution in [0.4, 0.5) is 37.7 Å². The molecule has 1 aliphatic heterocycles. The molecule has 0 aliphatic carbocycles. The van der Waals surface area contributed by atoms with Crippen LogP contribution >= 0.6 is 0 Å². The van der Waals surface area contributed by atoms with Gasteiger partial charge in [0.05, 0.1) is 16.9 Å². The number of anilines is 2. The largest absolute Gasteiger partial charge is 0.439 e. The third-order valence-electron chi connectivity index (χ3n) is 4.61. The van der Waals surface area contributed by atoms with Gasteiger partial charge in [-0.3, -0.25) is 0 Å². The number of para-hydroxylation sites is 2. The van der Waals surface area contributed by atoms with E-state index in [-0.39, 0.29) is 0 Å². The number of alkyl halides is 6. The van der Waals surface area contributed by atoms with Crippen molar-refractivity contribution in [2.24, 2.45) is 0 Å². The molecular formula is C22H14F6NO2S+. The van der Waals surface area contributed by atoms with Gasteiger partial charge in [-0.1, -0.05) is 30.3 Å². The lowest BCUT2D eigenvalue weighted by Gasteiger charge is -2.23. The van der Waals surface area contributed by atoms with Crippen molar-refractivity contribution in [1.82, 2.24) is 0 Å². The van der Waals surface area contributed by atoms with E-state index >= 15 is 0 Å². The Morgan fingerprint density at radius 3 is 1.84 bits per heavy atom. The zero-order valence-corrected chi connectivity index (χ0v) is 16.8. The molecule has 0 amide bonds. The Morgan fingerprint density at radius 2 is 1.31 bits per heavy atom. The molecule has 10 heteroatoms. The van der Waals surface area contributed by atoms with Gasteiger partial charge in [-0.2, -0.15) is 26.3 Å². The topological polar surface area (TPSA) is 38.3 Å². The quantitative estimate of drug-likeness (QED) is 0.211. The summed E-state index contributed by atoms with van der Waals surface area (Å²) in [6, 6.07) is 20.3. The van der Waals surface area contributed by atoms with Crippen molar-refractivity contribution in [1.29, 1.82) is 0 Å². The van der Waals surface area contributed by atoms with Gasteiger partial charge in [-0.15, -0.1) is 0 Å². The number of rotatable bonds is 3. The van der Waals surface area contributed by atoms with Crippen LogP contribution in [-0.4, -0.2) is 24.4 Å². The van der Waals surface area contributed by atoms with Crippen molar-refractivity contribution in [3.63, 3.8) is 0 Å². The highest BCUT2D eigenvalue weighted by molar-refractivity contribution is 7.97. The predicted molar refractivity (Wildman–Crippen MR) is 106 cm³/mol. The molecule has 0 saturated heterocycles. The van der Waals surface area contributed by atoms with Crippen molar-refractivity contribution in [2.45, 2.75) is 33.1 Å². The van der Waals surface area contributed by atoms with Gasteiger partial charge in [0.2, 0.25) is 0 Å². The van der Waals surface area contributed by atoms with Crippen molar-refractivity contribution in [3.8, 4) is 0 Å². The summed E-state index contributed by atoms with van der Waals surface area (Å²) in [5.41, 5.74) is 1.23. The van der Waals surface area contributed by atoms with Crippen molar-refractivity contribution in [2.75, 3.05) is 5.32 Å². The van der Waals surface area contributed by atoms with Gasteiger partial charge in [0.15, 0.2) is 14.7 Å². The Hall–Kier alpha value is -3.14. The molecule has 0 fully saturated rings. The average molecular weight is 470 g/mol. The minimum absolute atomic E-state index is 0.401. The summed E-state index contributed by atoms with van der Waals surface area (Å²) in [5, 5.41) is 3.30. The standard InChI is InChI=1S/C22H14F6NO2S/c23-21(24,25)20(22(26,27)28)31-19(30)13-6-5-7-14(12-13)32-17-10-3-1-8-15(17)29-16-9-2-4-11-18(16)32/h1-12,20,29H/q+1. The maximum Gasteiger partial charge on any atom is 0.434 e. The Kier molecular flexibility index (Phi) is 5.58. The normalized spacial score (nSPS) is 13.8. The number of benzene rings is 3. The molecule has 0 spiro atoms. The van der Waals surface area contributed by atoms with Gasteiger partial charge in [0.1, 0.15) is 10.9 Å². The molecule has 0 unspecified atom stereocenters. The zero-order chi connectivity index (χ0) is 23.1. The van der Waals surface area contributed by atoms with Crippen LogP contribution in [0.3, 0.4) is 0 Å². The van der Waals surface area contributed by atoms with Crippen LogP contribution in [0.25, 0.3) is 0 Å². The molecule has 0 radical (unpaired) electrons. The molecule has 0 atom stereocenters. The van der Waals surface area contributed by atoms with E-state index in [0.29, 0.717) is 4.90 Å². The number of esters is 1. The molecule has 1 heterocycles. The molecule has 0 saturated carbocycles. The summed E-state index contributed by atoms with van der Waals surface area (Å²) in [7, 11) is -0.746. The number of carbonyl (C=O) groups is 1. The second kappa shape index (κ2) is 8.09. The lowest BCUT2D eigenvalue weighted by Crippen LogP contribution is -2.45. The summed E-state index contributed by atoms with van der Waals surface area (Å²) in [6.45, 7) is 0. The minimum Gasteiger partial charge on any atom is -0.439 e. The maximum absolute atomic E-state index is 12.8. The number of ether oxygens (including phenoxy) is 1. The van der Waals surface area contributed by atoms with Crippen molar-refractivity contribution < 1.29 is 35.9 Å². The third-order valence-corrected chi connectivity index (χ3v) is 6.93. The Bertz CT molecular complexity index is 1100. The van der Waals surface area contributed by atoms with Crippen LogP contribution in [0.2, 0.25) is 0 Å². The first-order valence-electron chi connectivity index (χ1n) is 9.19. The Morgan fingerprint density at radius 1 is 0.781 bits per heavy atom. The van der Waals surface area contributed by atoms with E-state index < -0.39 is 40.9 Å². The third kappa shape index (κ3) is 4.27. The lowest BCUT2D eigenvalue weighted by atomic mass is 10.2. The first kappa shape index (κ1) is 22.1. The van der Waals surface area contributed by atoms with Crippen LogP contribution < -0.4 is 5.32 Å². The van der Waals surface area contributed by atoms with E-state index in [1.165, 1.54) is 12.1 Å². The molecule has 0 bridgehead atoms. The van der Waals surface area contributed by atoms with E-state index in [1.807, 2.05) is 48.5 Å². The second-order valence-electron chi connectivity index (χ2n) is 6.82. The fourth-order valence-electron chi connectivity index (χ4n) is 3.26. The smallest absolute Gasteiger partial charge is 0.434 e. The summed E-state index contributed by atoms with van der Waals surface area (Å²) in [5.74, 6) is -1.70. The number of nitrogens with one attached hydrogen (secondary N) is 1. The second-order valence-corrected chi connectivity index (χ2v) is 8.78. The highest BCUT2D eigenvalue weighted by Gasteiger charge is 2.60. The monoisotopic (exact) mass is 470 g/mol. The Balaban J connectivity index is 1.72. The van der Waals surface area contributed by atoms with Crippen LogP contribution in [0, 0.1) is 0 Å². The number of halogens is 6. The molecule has 166 valence electrons. The fraction of sp³-hybridized carbons (Fsp3) is 0.136. The molecule has 32 heavy (non-hydrogen) atoms. The first-order valence-corrected chi connectivity index (χ1v) is 10.4. The SMILES string of the molecule is O=C(OC(C(F)(F)F)C(F)(F)F)c1cccc([S+]2c3ccccc3Nc3ccccc32)c1. The van der Waals surface area contributed by atoms with E-state index in [0.717, 1.165) is 27.2 Å². The predicted octanol–water partition coefficient (Wildman–Crippen LogP) is 6.49. The maximum atomic E-state index is 12.8. The number of carbonyl (C=O) groups excluding carboxylic acids is 1. The van der Waals surface area contributed by atoms with Gasteiger partial charge in [0, 0.05) is 6.07 Å². The van der Waals surface area contributed by atoms with Gasteiger partial charge in [-0.25, -0.2) is 4.79 Å². The Labute approximate surface area is 181 Å². The summed E-state index contributed by atoms with van der Waals surface area (Å²) in [6.07, 6.45) is -15.8. The van der Waals surface area contributed by atoms with E-state index in [9.17, 15) is 31.1 Å². The molecule has 1 aliphatic rings. The zero-order valence-electron chi connectivity index (χ0n) is 16.0. The molecular weight excluding hydrogens is 456 g/mol. The summed E-state index contributed by atoms with van der Waals surface area (Å²) < 4.78 is 80.6. The lowest BCUT2D eigenvalue weighted by molar-refractivity contribution is -0.307. The highest BCUT2D eigenvalue weighted by atomic mass is 32.2. The first-order chi connectivity index (χ1) is 15.1. The molecule has 3 nitrogen and oxygen atoms in total. The average Bonchev–Trinajstić information content (AvgIpc) is 2.74. The van der Waals surface area contributed by atoms with Gasteiger partial charge < -0.3 is 10.1 Å². The fourth-order valence-corrected chi connectivity index (χ4v) is 5.57. The van der Waals surface area contributed by atoms with E-state index in [1.54, 1.807) is 6.07 Å². The summed E-state index contributed by atoms with van der Waals surface area (Å²) in [4.78, 5) is 14.5. The minimum atomic E-state index is -5.78. The van der Waals surface area contributed by atoms with Crippen LogP contribution in [0.5, 0.6) is 0 Å². The van der Waals surface area contributed by atoms with Crippen LogP contribution in [0.15, 0.2) is 87.5 Å².